The summed E-state index contributed by atoms with van der Waals surface area (Å²) in [5.41, 5.74) is 2.87. The van der Waals surface area contributed by atoms with Crippen LogP contribution in [0.2, 0.25) is 5.02 Å². The van der Waals surface area contributed by atoms with Crippen LogP contribution in [0.15, 0.2) is 21.0 Å². The number of benzene rings is 1. The number of aryl methyl sites for hydroxylation is 1. The fourth-order valence-electron chi connectivity index (χ4n) is 2.15. The minimum Gasteiger partial charge on any atom is -0.445 e. The molecule has 0 aliphatic heterocycles. The van der Waals surface area contributed by atoms with Crippen LogP contribution in [0.5, 0.6) is 0 Å². The average Bonchev–Trinajstić information content (AvgIpc) is 3.08. The first-order chi connectivity index (χ1) is 10.2. The first-order valence-electron chi connectivity index (χ1n) is 6.20. The molecule has 0 bridgehead atoms. The Balaban J connectivity index is 2.22. The van der Waals surface area contributed by atoms with Crippen LogP contribution in [0.4, 0.5) is 0 Å². The second kappa shape index (κ2) is 5.22. The number of halogens is 2. The SMILES string of the molecule is Cc1c(Cl)c(Br)c2[nH]c(-c3ccc(P(=O)(O)O)o3)nc2c1C. The van der Waals surface area contributed by atoms with Gasteiger partial charge in [-0.1, -0.05) is 11.6 Å². The zero-order valence-electron chi connectivity index (χ0n) is 11.5. The summed E-state index contributed by atoms with van der Waals surface area (Å²) in [6, 6.07) is 2.70. The van der Waals surface area contributed by atoms with Gasteiger partial charge in [0.15, 0.2) is 11.6 Å². The lowest BCUT2D eigenvalue weighted by Gasteiger charge is -2.06. The first kappa shape index (κ1) is 15.8. The summed E-state index contributed by atoms with van der Waals surface area (Å²) in [7, 11) is -4.43. The van der Waals surface area contributed by atoms with Crippen molar-refractivity contribution in [3.63, 3.8) is 0 Å². The van der Waals surface area contributed by atoms with Gasteiger partial charge in [0.25, 0.3) is 0 Å². The molecule has 0 unspecified atom stereocenters. The summed E-state index contributed by atoms with van der Waals surface area (Å²) in [5, 5.41) is 0.593. The van der Waals surface area contributed by atoms with Crippen LogP contribution in [-0.2, 0) is 4.57 Å². The van der Waals surface area contributed by atoms with Crippen LogP contribution in [0, 0.1) is 13.8 Å². The summed E-state index contributed by atoms with van der Waals surface area (Å²) in [5.74, 6) is 0.620. The maximum absolute atomic E-state index is 11.2. The van der Waals surface area contributed by atoms with Crippen LogP contribution in [-0.4, -0.2) is 19.8 Å². The van der Waals surface area contributed by atoms with Crippen molar-refractivity contribution in [2.45, 2.75) is 13.8 Å². The third-order valence-electron chi connectivity index (χ3n) is 3.48. The molecular formula is C13H11BrClN2O4P. The number of hydrogen-bond acceptors (Lipinski definition) is 3. The van der Waals surface area contributed by atoms with E-state index in [0.717, 1.165) is 16.6 Å². The summed E-state index contributed by atoms with van der Waals surface area (Å²) in [6.45, 7) is 3.80. The van der Waals surface area contributed by atoms with Crippen molar-refractivity contribution in [2.24, 2.45) is 0 Å². The fourth-order valence-corrected chi connectivity index (χ4v) is 3.45. The van der Waals surface area contributed by atoms with E-state index < -0.39 is 13.1 Å². The molecule has 0 atom stereocenters. The number of H-pyrrole nitrogens is 1. The van der Waals surface area contributed by atoms with Gasteiger partial charge in [0.2, 0.25) is 5.50 Å². The number of aromatic amines is 1. The van der Waals surface area contributed by atoms with Gasteiger partial charge in [-0.2, -0.15) is 0 Å². The highest BCUT2D eigenvalue weighted by atomic mass is 79.9. The van der Waals surface area contributed by atoms with Crippen LogP contribution in [0.25, 0.3) is 22.6 Å². The number of rotatable bonds is 2. The van der Waals surface area contributed by atoms with E-state index in [-0.39, 0.29) is 5.76 Å². The fraction of sp³-hybridized carbons (Fsp3) is 0.154. The van der Waals surface area contributed by atoms with Gasteiger partial charge >= 0.3 is 7.60 Å². The molecule has 2 heterocycles. The van der Waals surface area contributed by atoms with Crippen molar-refractivity contribution >= 4 is 51.7 Å². The Morgan fingerprint density at radius 2 is 2.00 bits per heavy atom. The molecule has 0 radical (unpaired) electrons. The van der Waals surface area contributed by atoms with Gasteiger partial charge in [0.1, 0.15) is 0 Å². The molecular weight excluding hydrogens is 394 g/mol. The quantitative estimate of drug-likeness (QED) is 0.565. The van der Waals surface area contributed by atoms with Crippen LogP contribution >= 0.6 is 35.1 Å². The highest BCUT2D eigenvalue weighted by Crippen LogP contribution is 2.38. The number of nitrogens with one attached hydrogen (secondary N) is 1. The van der Waals surface area contributed by atoms with E-state index in [9.17, 15) is 4.57 Å². The molecule has 0 amide bonds. The zero-order chi connectivity index (χ0) is 16.2. The molecule has 1 aromatic carbocycles. The molecule has 3 aromatic rings. The van der Waals surface area contributed by atoms with Gasteiger partial charge in [-0.15, -0.1) is 0 Å². The Bertz CT molecular complexity index is 898. The summed E-state index contributed by atoms with van der Waals surface area (Å²) in [4.78, 5) is 25.7. The standard InChI is InChI=1S/C13H11BrClN2O4P/c1-5-6(2)11-12(9(14)10(5)15)17-13(16-11)7-3-4-8(21-7)22(18,19)20/h3-4H,1-2H3,(H,16,17)(H2,18,19,20). The second-order valence-corrected chi connectivity index (χ2v) is 7.57. The largest absolute Gasteiger partial charge is 0.445 e. The van der Waals surface area contributed by atoms with Crippen molar-refractivity contribution in [1.82, 2.24) is 9.97 Å². The molecule has 3 rings (SSSR count). The number of nitrogens with zero attached hydrogens (tertiary/aromatic N) is 1. The predicted octanol–water partition coefficient (Wildman–Crippen LogP) is 3.66. The van der Waals surface area contributed by atoms with Crippen molar-refractivity contribution < 1.29 is 18.8 Å². The van der Waals surface area contributed by atoms with Gasteiger partial charge in [-0.05, 0) is 53.0 Å². The Hall–Kier alpha value is -1.11. The second-order valence-electron chi connectivity index (χ2n) is 4.87. The molecule has 116 valence electrons. The Morgan fingerprint density at radius 1 is 1.32 bits per heavy atom. The molecule has 3 N–H and O–H groups in total. The molecule has 0 saturated carbocycles. The van der Waals surface area contributed by atoms with E-state index in [4.69, 9.17) is 25.8 Å². The summed E-state index contributed by atoms with van der Waals surface area (Å²) < 4.78 is 17.1. The van der Waals surface area contributed by atoms with E-state index in [1.165, 1.54) is 12.1 Å². The molecule has 22 heavy (non-hydrogen) atoms. The lowest BCUT2D eigenvalue weighted by atomic mass is 10.1. The van der Waals surface area contributed by atoms with Gasteiger partial charge in [-0.25, -0.2) is 4.98 Å². The van der Waals surface area contributed by atoms with Crippen molar-refractivity contribution in [2.75, 3.05) is 0 Å². The van der Waals surface area contributed by atoms with E-state index in [0.29, 0.717) is 20.8 Å². The number of hydrogen-bond donors (Lipinski definition) is 3. The molecule has 9 heteroatoms. The lowest BCUT2D eigenvalue weighted by Crippen LogP contribution is -1.98. The Morgan fingerprint density at radius 3 is 2.59 bits per heavy atom. The van der Waals surface area contributed by atoms with E-state index >= 15 is 0 Å². The van der Waals surface area contributed by atoms with Crippen molar-refractivity contribution in [1.29, 1.82) is 0 Å². The van der Waals surface area contributed by atoms with Crippen LogP contribution in [0.1, 0.15) is 11.1 Å². The van der Waals surface area contributed by atoms with E-state index in [1.807, 2.05) is 13.8 Å². The maximum atomic E-state index is 11.2. The average molecular weight is 406 g/mol. The molecule has 6 nitrogen and oxygen atoms in total. The summed E-state index contributed by atoms with van der Waals surface area (Å²) in [6.07, 6.45) is 0. The monoisotopic (exact) mass is 404 g/mol. The maximum Gasteiger partial charge on any atom is 0.391 e. The van der Waals surface area contributed by atoms with Crippen molar-refractivity contribution in [3.8, 4) is 11.6 Å². The van der Waals surface area contributed by atoms with Crippen LogP contribution in [0.3, 0.4) is 0 Å². The Kier molecular flexibility index (Phi) is 3.74. The topological polar surface area (TPSA) is 99.4 Å². The molecule has 0 spiro atoms. The third kappa shape index (κ3) is 2.43. The van der Waals surface area contributed by atoms with Crippen LogP contribution < -0.4 is 5.50 Å². The van der Waals surface area contributed by atoms with Gasteiger partial charge < -0.3 is 19.2 Å². The van der Waals surface area contributed by atoms with Gasteiger partial charge in [0, 0.05) is 0 Å². The lowest BCUT2D eigenvalue weighted by molar-refractivity contribution is 0.377. The smallest absolute Gasteiger partial charge is 0.391 e. The first-order valence-corrected chi connectivity index (χ1v) is 8.98. The minimum absolute atomic E-state index is 0.245. The minimum atomic E-state index is -4.43. The highest BCUT2D eigenvalue weighted by Gasteiger charge is 2.24. The van der Waals surface area contributed by atoms with E-state index in [2.05, 4.69) is 25.9 Å². The molecule has 0 aliphatic carbocycles. The zero-order valence-corrected chi connectivity index (χ0v) is 14.8. The summed E-state index contributed by atoms with van der Waals surface area (Å²) >= 11 is 9.69. The number of furan rings is 1. The highest BCUT2D eigenvalue weighted by molar-refractivity contribution is 9.10. The number of imidazole rings is 1. The third-order valence-corrected chi connectivity index (χ3v) is 5.78. The molecule has 0 fully saturated rings. The van der Waals surface area contributed by atoms with Crippen molar-refractivity contribution in [3.05, 3.63) is 32.8 Å². The number of fused-ring (bicyclic) bond motifs is 1. The predicted molar refractivity (Wildman–Crippen MR) is 87.7 cm³/mol. The number of aromatic nitrogens is 2. The van der Waals surface area contributed by atoms with Gasteiger partial charge in [0.05, 0.1) is 20.5 Å². The Labute approximate surface area is 138 Å². The van der Waals surface area contributed by atoms with Gasteiger partial charge in [-0.3, -0.25) is 4.57 Å². The molecule has 0 aliphatic rings. The molecule has 2 aromatic heterocycles. The van der Waals surface area contributed by atoms with E-state index in [1.54, 1.807) is 0 Å². The molecule has 0 saturated heterocycles. The normalized spacial score (nSPS) is 12.3.